The van der Waals surface area contributed by atoms with Gasteiger partial charge in [-0.3, -0.25) is 4.79 Å². The zero-order valence-electron chi connectivity index (χ0n) is 10.8. The molecular formula is C14H14N4O2. The molecule has 0 aliphatic rings. The smallest absolute Gasteiger partial charge is 0.242 e. The third kappa shape index (κ3) is 4.23. The molecule has 0 fully saturated rings. The van der Waals surface area contributed by atoms with Crippen molar-refractivity contribution in [1.82, 2.24) is 20.3 Å². The Morgan fingerprint density at radius 2 is 2.15 bits per heavy atom. The fourth-order valence-corrected chi connectivity index (χ4v) is 1.57. The second kappa shape index (κ2) is 7.07. The number of amides is 1. The lowest BCUT2D eigenvalue weighted by Crippen LogP contribution is -2.27. The average Bonchev–Trinajstić information content (AvgIpc) is 2.97. The zero-order valence-corrected chi connectivity index (χ0v) is 10.8. The summed E-state index contributed by atoms with van der Waals surface area (Å²) in [5.74, 6) is 5.26. The van der Waals surface area contributed by atoms with E-state index in [1.54, 1.807) is 6.20 Å². The zero-order chi connectivity index (χ0) is 14.2. The molecule has 1 amide bonds. The first-order valence-electron chi connectivity index (χ1n) is 6.07. The molecule has 0 saturated carbocycles. The fraction of sp³-hybridized carbons (Fsp3) is 0.214. The Bertz CT molecular complexity index is 609. The number of nitrogens with zero attached hydrogens (tertiary/aromatic N) is 3. The summed E-state index contributed by atoms with van der Waals surface area (Å²) in [5.41, 5.74) is 1.81. The molecule has 2 N–H and O–H groups in total. The molecule has 1 aromatic carbocycles. The SMILES string of the molecule is O=C(Cn1ccnn1)NCc1ccc(C#CCO)cc1. The number of rotatable bonds is 4. The van der Waals surface area contributed by atoms with Gasteiger partial charge in [0.2, 0.25) is 5.91 Å². The van der Waals surface area contributed by atoms with Crippen LogP contribution in [0, 0.1) is 11.8 Å². The van der Waals surface area contributed by atoms with Crippen LogP contribution < -0.4 is 5.32 Å². The van der Waals surface area contributed by atoms with Crippen molar-refractivity contribution in [3.8, 4) is 11.8 Å². The van der Waals surface area contributed by atoms with Crippen LogP contribution in [0.15, 0.2) is 36.7 Å². The monoisotopic (exact) mass is 270 g/mol. The molecule has 2 aromatic rings. The standard InChI is InChI=1S/C14H14N4O2/c19-9-1-2-12-3-5-13(6-4-12)10-15-14(20)11-18-8-7-16-17-18/h3-8,19H,9-11H2,(H,15,20). The number of aliphatic hydroxyl groups is 1. The molecule has 102 valence electrons. The molecule has 0 aliphatic carbocycles. The van der Waals surface area contributed by atoms with Crippen LogP contribution in [0.2, 0.25) is 0 Å². The molecule has 0 unspecified atom stereocenters. The van der Waals surface area contributed by atoms with Gasteiger partial charge in [-0.15, -0.1) is 5.10 Å². The van der Waals surface area contributed by atoms with Gasteiger partial charge < -0.3 is 10.4 Å². The summed E-state index contributed by atoms with van der Waals surface area (Å²) in [7, 11) is 0. The van der Waals surface area contributed by atoms with Crippen LogP contribution >= 0.6 is 0 Å². The highest BCUT2D eigenvalue weighted by atomic mass is 16.2. The lowest BCUT2D eigenvalue weighted by Gasteiger charge is -2.05. The molecule has 0 saturated heterocycles. The van der Waals surface area contributed by atoms with Crippen molar-refractivity contribution >= 4 is 5.91 Å². The molecule has 0 bridgehead atoms. The van der Waals surface area contributed by atoms with Crippen molar-refractivity contribution in [2.45, 2.75) is 13.1 Å². The Kier molecular flexibility index (Phi) is 4.87. The molecule has 0 aliphatic heterocycles. The summed E-state index contributed by atoms with van der Waals surface area (Å²) in [6, 6.07) is 7.47. The van der Waals surface area contributed by atoms with Gasteiger partial charge in [-0.25, -0.2) is 4.68 Å². The molecule has 0 spiro atoms. The number of carbonyl (C=O) groups excluding carboxylic acids is 1. The molecule has 2 rings (SSSR count). The maximum absolute atomic E-state index is 11.6. The highest BCUT2D eigenvalue weighted by Gasteiger charge is 2.02. The van der Waals surface area contributed by atoms with Gasteiger partial charge in [0.15, 0.2) is 0 Å². The van der Waals surface area contributed by atoms with Crippen LogP contribution in [-0.2, 0) is 17.9 Å². The summed E-state index contributed by atoms with van der Waals surface area (Å²) in [6.45, 7) is 0.446. The van der Waals surface area contributed by atoms with E-state index in [0.29, 0.717) is 6.54 Å². The average molecular weight is 270 g/mol. The molecular weight excluding hydrogens is 256 g/mol. The van der Waals surface area contributed by atoms with Gasteiger partial charge in [0.05, 0.1) is 6.20 Å². The van der Waals surface area contributed by atoms with Gasteiger partial charge in [0.25, 0.3) is 0 Å². The predicted molar refractivity (Wildman–Crippen MR) is 72.3 cm³/mol. The van der Waals surface area contributed by atoms with Crippen molar-refractivity contribution in [1.29, 1.82) is 0 Å². The summed E-state index contributed by atoms with van der Waals surface area (Å²) < 4.78 is 1.46. The summed E-state index contributed by atoms with van der Waals surface area (Å²) >= 11 is 0. The molecule has 6 heteroatoms. The Balaban J connectivity index is 1.83. The van der Waals surface area contributed by atoms with Crippen LogP contribution in [0.5, 0.6) is 0 Å². The second-order valence-corrected chi connectivity index (χ2v) is 4.03. The van der Waals surface area contributed by atoms with E-state index in [2.05, 4.69) is 27.5 Å². The Morgan fingerprint density at radius 3 is 2.80 bits per heavy atom. The minimum atomic E-state index is -0.153. The molecule has 0 atom stereocenters. The van der Waals surface area contributed by atoms with E-state index >= 15 is 0 Å². The Labute approximate surface area is 116 Å². The number of benzene rings is 1. The number of hydrogen-bond acceptors (Lipinski definition) is 4. The Hall–Kier alpha value is -2.65. The molecule has 1 heterocycles. The van der Waals surface area contributed by atoms with E-state index in [1.165, 1.54) is 10.9 Å². The highest BCUT2D eigenvalue weighted by Crippen LogP contribution is 2.03. The van der Waals surface area contributed by atoms with Gasteiger partial charge in [-0.05, 0) is 17.7 Å². The third-order valence-electron chi connectivity index (χ3n) is 2.53. The molecule has 0 radical (unpaired) electrons. The number of nitrogens with one attached hydrogen (secondary N) is 1. The number of aliphatic hydroxyl groups excluding tert-OH is 1. The van der Waals surface area contributed by atoms with E-state index < -0.39 is 0 Å². The number of carbonyl (C=O) groups is 1. The minimum Gasteiger partial charge on any atom is -0.384 e. The fourth-order valence-electron chi connectivity index (χ4n) is 1.57. The maximum atomic E-state index is 11.6. The van der Waals surface area contributed by atoms with Crippen molar-refractivity contribution in [2.75, 3.05) is 6.61 Å². The highest BCUT2D eigenvalue weighted by molar-refractivity contribution is 5.75. The van der Waals surface area contributed by atoms with E-state index in [0.717, 1.165) is 11.1 Å². The lowest BCUT2D eigenvalue weighted by molar-refractivity contribution is -0.122. The first kappa shape index (κ1) is 13.8. The maximum Gasteiger partial charge on any atom is 0.242 e. The van der Waals surface area contributed by atoms with Crippen molar-refractivity contribution in [3.63, 3.8) is 0 Å². The number of aromatic nitrogens is 3. The van der Waals surface area contributed by atoms with Gasteiger partial charge in [0.1, 0.15) is 13.2 Å². The molecule has 1 aromatic heterocycles. The summed E-state index contributed by atoms with van der Waals surface area (Å²) in [4.78, 5) is 11.6. The van der Waals surface area contributed by atoms with Gasteiger partial charge in [0, 0.05) is 18.3 Å². The van der Waals surface area contributed by atoms with Crippen molar-refractivity contribution in [3.05, 3.63) is 47.8 Å². The number of hydrogen-bond donors (Lipinski definition) is 2. The van der Waals surface area contributed by atoms with Crippen LogP contribution in [0.1, 0.15) is 11.1 Å². The van der Waals surface area contributed by atoms with Gasteiger partial charge in [-0.2, -0.15) is 0 Å². The van der Waals surface area contributed by atoms with Crippen molar-refractivity contribution < 1.29 is 9.90 Å². The summed E-state index contributed by atoms with van der Waals surface area (Å²) in [5, 5.41) is 18.7. The predicted octanol–water partition coefficient (Wildman–Crippen LogP) is -0.0617. The first-order valence-corrected chi connectivity index (χ1v) is 6.07. The molecule has 6 nitrogen and oxygen atoms in total. The summed E-state index contributed by atoms with van der Waals surface area (Å²) in [6.07, 6.45) is 3.16. The normalized spacial score (nSPS) is 9.65. The Morgan fingerprint density at radius 1 is 1.35 bits per heavy atom. The van der Waals surface area contributed by atoms with Crippen LogP contribution in [0.25, 0.3) is 0 Å². The van der Waals surface area contributed by atoms with Crippen LogP contribution in [0.3, 0.4) is 0 Å². The van der Waals surface area contributed by atoms with Gasteiger partial charge in [-0.1, -0.05) is 29.2 Å². The van der Waals surface area contributed by atoms with E-state index in [1.807, 2.05) is 24.3 Å². The quantitative estimate of drug-likeness (QED) is 0.763. The molecule has 20 heavy (non-hydrogen) atoms. The van der Waals surface area contributed by atoms with E-state index in [-0.39, 0.29) is 19.1 Å². The van der Waals surface area contributed by atoms with E-state index in [9.17, 15) is 4.79 Å². The van der Waals surface area contributed by atoms with E-state index in [4.69, 9.17) is 5.11 Å². The van der Waals surface area contributed by atoms with Crippen LogP contribution in [-0.4, -0.2) is 32.6 Å². The third-order valence-corrected chi connectivity index (χ3v) is 2.53. The van der Waals surface area contributed by atoms with Crippen LogP contribution in [0.4, 0.5) is 0 Å². The largest absolute Gasteiger partial charge is 0.384 e. The van der Waals surface area contributed by atoms with Crippen molar-refractivity contribution in [2.24, 2.45) is 0 Å². The topological polar surface area (TPSA) is 80.0 Å². The first-order chi connectivity index (χ1) is 9.78. The lowest BCUT2D eigenvalue weighted by atomic mass is 10.1. The second-order valence-electron chi connectivity index (χ2n) is 4.03. The minimum absolute atomic E-state index is 0.125. The van der Waals surface area contributed by atoms with Gasteiger partial charge >= 0.3 is 0 Å².